The van der Waals surface area contributed by atoms with E-state index in [1.807, 2.05) is 47.7 Å². The van der Waals surface area contributed by atoms with Crippen LogP contribution in [0.1, 0.15) is 5.69 Å². The maximum atomic E-state index is 5.92. The molecule has 0 bridgehead atoms. The summed E-state index contributed by atoms with van der Waals surface area (Å²) in [6.07, 6.45) is 0. The highest BCUT2D eigenvalue weighted by Gasteiger charge is 2.13. The highest BCUT2D eigenvalue weighted by molar-refractivity contribution is 9.10. The van der Waals surface area contributed by atoms with Gasteiger partial charge in [-0.2, -0.15) is 0 Å². The van der Waals surface area contributed by atoms with Crippen molar-refractivity contribution in [1.82, 2.24) is 14.6 Å². The summed E-state index contributed by atoms with van der Waals surface area (Å²) in [7, 11) is 0. The molecule has 18 heavy (non-hydrogen) atoms. The number of halogens is 1. The third-order valence-corrected chi connectivity index (χ3v) is 3.58. The maximum Gasteiger partial charge on any atom is 0.184 e. The second kappa shape index (κ2) is 4.10. The Kier molecular flexibility index (Phi) is 2.56. The van der Waals surface area contributed by atoms with E-state index in [0.717, 1.165) is 21.6 Å². The van der Waals surface area contributed by atoms with E-state index < -0.39 is 0 Å². The first kappa shape index (κ1) is 11.2. The van der Waals surface area contributed by atoms with Crippen LogP contribution in [0.3, 0.4) is 0 Å². The fourth-order valence-electron chi connectivity index (χ4n) is 1.98. The molecule has 0 aliphatic carbocycles. The summed E-state index contributed by atoms with van der Waals surface area (Å²) in [6, 6.07) is 11.7. The van der Waals surface area contributed by atoms with Gasteiger partial charge in [0.2, 0.25) is 0 Å². The fraction of sp³-hybridized carbons (Fsp3) is 0.0769. The lowest BCUT2D eigenvalue weighted by Gasteiger charge is -2.06. The molecule has 1 aromatic carbocycles. The summed E-state index contributed by atoms with van der Waals surface area (Å²) in [5.74, 6) is 0.794. The van der Waals surface area contributed by atoms with Crippen molar-refractivity contribution in [2.24, 2.45) is 0 Å². The minimum Gasteiger partial charge on any atom is -0.396 e. The Bertz CT molecular complexity index is 733. The molecule has 5 heteroatoms. The zero-order chi connectivity index (χ0) is 12.7. The molecule has 4 nitrogen and oxygen atoms in total. The topological polar surface area (TPSA) is 56.2 Å². The SMILES string of the molecule is Cc1ccc(N)c2nnc(-c3ccccc3Br)n12. The molecule has 0 aliphatic rings. The number of hydrogen-bond acceptors (Lipinski definition) is 3. The average molecular weight is 303 g/mol. The van der Waals surface area contributed by atoms with Crippen LogP contribution in [0, 0.1) is 6.92 Å². The number of aromatic nitrogens is 3. The Morgan fingerprint density at radius 2 is 1.89 bits per heavy atom. The van der Waals surface area contributed by atoms with Gasteiger partial charge in [0.15, 0.2) is 11.5 Å². The van der Waals surface area contributed by atoms with Gasteiger partial charge in [0.25, 0.3) is 0 Å². The van der Waals surface area contributed by atoms with E-state index in [9.17, 15) is 0 Å². The van der Waals surface area contributed by atoms with Gasteiger partial charge in [-0.25, -0.2) is 0 Å². The first-order chi connectivity index (χ1) is 8.68. The van der Waals surface area contributed by atoms with Crippen molar-refractivity contribution in [3.05, 3.63) is 46.6 Å². The monoisotopic (exact) mass is 302 g/mol. The van der Waals surface area contributed by atoms with Crippen LogP contribution in [-0.2, 0) is 0 Å². The van der Waals surface area contributed by atoms with Crippen molar-refractivity contribution >= 4 is 27.3 Å². The summed E-state index contributed by atoms with van der Waals surface area (Å²) < 4.78 is 2.95. The van der Waals surface area contributed by atoms with E-state index in [-0.39, 0.29) is 0 Å². The quantitative estimate of drug-likeness (QED) is 0.751. The Balaban J connectivity index is 2.38. The standard InChI is InChI=1S/C13H11BrN4/c1-8-6-7-11(15)13-17-16-12(18(8)13)9-4-2-3-5-10(9)14/h2-7H,15H2,1H3. The predicted molar refractivity (Wildman–Crippen MR) is 75.3 cm³/mol. The van der Waals surface area contributed by atoms with Gasteiger partial charge in [0.1, 0.15) is 0 Å². The number of aryl methyl sites for hydroxylation is 1. The molecule has 0 fully saturated rings. The van der Waals surface area contributed by atoms with Gasteiger partial charge in [0.05, 0.1) is 5.69 Å². The normalized spacial score (nSPS) is 11.0. The number of nitrogens with two attached hydrogens (primary N) is 1. The zero-order valence-corrected chi connectivity index (χ0v) is 11.3. The Labute approximate surface area is 113 Å². The van der Waals surface area contributed by atoms with Crippen molar-refractivity contribution in [2.75, 3.05) is 5.73 Å². The molecule has 0 spiro atoms. The number of nitrogen functional groups attached to an aromatic ring is 1. The Hall–Kier alpha value is -1.88. The van der Waals surface area contributed by atoms with Crippen LogP contribution in [0.2, 0.25) is 0 Å². The molecule has 0 radical (unpaired) electrons. The van der Waals surface area contributed by atoms with Crippen LogP contribution in [0.4, 0.5) is 5.69 Å². The molecule has 3 rings (SSSR count). The first-order valence-electron chi connectivity index (χ1n) is 5.53. The van der Waals surface area contributed by atoms with Crippen LogP contribution in [0.5, 0.6) is 0 Å². The average Bonchev–Trinajstić information content (AvgIpc) is 2.80. The molecule has 0 atom stereocenters. The molecule has 2 aromatic heterocycles. The van der Waals surface area contributed by atoms with Crippen LogP contribution in [-0.4, -0.2) is 14.6 Å². The number of fused-ring (bicyclic) bond motifs is 1. The molecule has 0 amide bonds. The molecule has 0 unspecified atom stereocenters. The van der Waals surface area contributed by atoms with E-state index in [1.54, 1.807) is 0 Å². The van der Waals surface area contributed by atoms with Crippen LogP contribution < -0.4 is 5.73 Å². The second-order valence-corrected chi connectivity index (χ2v) is 4.95. The highest BCUT2D eigenvalue weighted by atomic mass is 79.9. The van der Waals surface area contributed by atoms with Crippen molar-refractivity contribution in [2.45, 2.75) is 6.92 Å². The molecular weight excluding hydrogens is 292 g/mol. The van der Waals surface area contributed by atoms with E-state index in [1.165, 1.54) is 0 Å². The van der Waals surface area contributed by atoms with Crippen LogP contribution in [0.15, 0.2) is 40.9 Å². The van der Waals surface area contributed by atoms with Crippen molar-refractivity contribution in [1.29, 1.82) is 0 Å². The highest BCUT2D eigenvalue weighted by Crippen LogP contribution is 2.28. The van der Waals surface area contributed by atoms with Gasteiger partial charge in [-0.15, -0.1) is 10.2 Å². The third-order valence-electron chi connectivity index (χ3n) is 2.89. The summed E-state index contributed by atoms with van der Waals surface area (Å²) in [5, 5.41) is 8.41. The number of pyridine rings is 1. The molecule has 0 saturated carbocycles. The molecule has 2 heterocycles. The largest absolute Gasteiger partial charge is 0.396 e. The molecule has 3 aromatic rings. The molecule has 2 N–H and O–H groups in total. The minimum atomic E-state index is 0.631. The number of anilines is 1. The summed E-state index contributed by atoms with van der Waals surface area (Å²) in [4.78, 5) is 0. The summed E-state index contributed by atoms with van der Waals surface area (Å²) in [5.41, 5.74) is 9.30. The van der Waals surface area contributed by atoms with Crippen LogP contribution >= 0.6 is 15.9 Å². The maximum absolute atomic E-state index is 5.92. The lowest BCUT2D eigenvalue weighted by Crippen LogP contribution is -1.98. The van der Waals surface area contributed by atoms with E-state index in [4.69, 9.17) is 5.73 Å². The molecular formula is C13H11BrN4. The lowest BCUT2D eigenvalue weighted by atomic mass is 10.2. The molecule has 0 aliphatic heterocycles. The second-order valence-electron chi connectivity index (χ2n) is 4.09. The van der Waals surface area contributed by atoms with Crippen molar-refractivity contribution < 1.29 is 0 Å². The summed E-state index contributed by atoms with van der Waals surface area (Å²) >= 11 is 3.53. The number of rotatable bonds is 1. The number of hydrogen-bond donors (Lipinski definition) is 1. The smallest absolute Gasteiger partial charge is 0.184 e. The Morgan fingerprint density at radius 3 is 2.67 bits per heavy atom. The number of nitrogens with zero attached hydrogens (tertiary/aromatic N) is 3. The van der Waals surface area contributed by atoms with Gasteiger partial charge in [0, 0.05) is 15.7 Å². The van der Waals surface area contributed by atoms with Gasteiger partial charge in [-0.05, 0) is 25.1 Å². The number of benzene rings is 1. The van der Waals surface area contributed by atoms with Crippen molar-refractivity contribution in [3.63, 3.8) is 0 Å². The molecule has 90 valence electrons. The zero-order valence-electron chi connectivity index (χ0n) is 9.76. The first-order valence-corrected chi connectivity index (χ1v) is 6.33. The van der Waals surface area contributed by atoms with Gasteiger partial charge in [-0.1, -0.05) is 34.1 Å². The summed E-state index contributed by atoms with van der Waals surface area (Å²) in [6.45, 7) is 2.01. The predicted octanol–water partition coefficient (Wildman–Crippen LogP) is 3.05. The van der Waals surface area contributed by atoms with E-state index in [2.05, 4.69) is 26.1 Å². The van der Waals surface area contributed by atoms with Crippen molar-refractivity contribution in [3.8, 4) is 11.4 Å². The van der Waals surface area contributed by atoms with E-state index >= 15 is 0 Å². The minimum absolute atomic E-state index is 0.631. The van der Waals surface area contributed by atoms with Crippen LogP contribution in [0.25, 0.3) is 17.0 Å². The Morgan fingerprint density at radius 1 is 1.11 bits per heavy atom. The third kappa shape index (κ3) is 1.59. The van der Waals surface area contributed by atoms with Gasteiger partial charge >= 0.3 is 0 Å². The van der Waals surface area contributed by atoms with Gasteiger partial charge in [-0.3, -0.25) is 4.40 Å². The fourth-order valence-corrected chi connectivity index (χ4v) is 2.44. The lowest BCUT2D eigenvalue weighted by molar-refractivity contribution is 1.08. The molecule has 0 saturated heterocycles. The van der Waals surface area contributed by atoms with E-state index in [0.29, 0.717) is 11.3 Å². The van der Waals surface area contributed by atoms with Gasteiger partial charge < -0.3 is 5.73 Å².